The molecular formula is C13H10N2O2. The van der Waals surface area contributed by atoms with E-state index in [1.807, 2.05) is 18.3 Å². The second-order valence-corrected chi connectivity index (χ2v) is 4.00. The molecule has 84 valence electrons. The van der Waals surface area contributed by atoms with Crippen molar-refractivity contribution >= 4 is 22.2 Å². The lowest BCUT2D eigenvalue weighted by atomic mass is 10.1. The van der Waals surface area contributed by atoms with E-state index in [1.54, 1.807) is 22.7 Å². The molecule has 0 amide bonds. The van der Waals surface area contributed by atoms with Gasteiger partial charge in [0.2, 0.25) is 0 Å². The van der Waals surface area contributed by atoms with Gasteiger partial charge >= 0.3 is 0 Å². The fourth-order valence-corrected chi connectivity index (χ4v) is 1.92. The molecule has 4 nitrogen and oxygen atoms in total. The standard InChI is InChI=1S/C13H10N2O2/c1-8(16)12-7-15-5-4-9-2-3-10(17)6-11(9)13(15)14-12/h2-7,17H,1H3. The number of aromatic nitrogens is 2. The van der Waals surface area contributed by atoms with Gasteiger partial charge in [0.25, 0.3) is 0 Å². The number of fused-ring (bicyclic) bond motifs is 3. The van der Waals surface area contributed by atoms with E-state index in [0.717, 1.165) is 10.8 Å². The average Bonchev–Trinajstić information content (AvgIpc) is 2.73. The van der Waals surface area contributed by atoms with E-state index in [1.165, 1.54) is 6.92 Å². The Hall–Kier alpha value is -2.36. The molecule has 0 spiro atoms. The Morgan fingerprint density at radius 3 is 2.94 bits per heavy atom. The smallest absolute Gasteiger partial charge is 0.179 e. The summed E-state index contributed by atoms with van der Waals surface area (Å²) in [6, 6.07) is 7.04. The molecule has 0 saturated heterocycles. The summed E-state index contributed by atoms with van der Waals surface area (Å²) in [7, 11) is 0. The molecule has 3 rings (SSSR count). The zero-order chi connectivity index (χ0) is 12.0. The molecule has 0 radical (unpaired) electrons. The Morgan fingerprint density at radius 1 is 1.35 bits per heavy atom. The summed E-state index contributed by atoms with van der Waals surface area (Å²) in [6.45, 7) is 1.49. The maximum atomic E-state index is 11.3. The Labute approximate surface area is 97.1 Å². The van der Waals surface area contributed by atoms with Gasteiger partial charge in [-0.2, -0.15) is 0 Å². The molecule has 3 aromatic rings. The van der Waals surface area contributed by atoms with Gasteiger partial charge in [0, 0.05) is 24.7 Å². The summed E-state index contributed by atoms with van der Waals surface area (Å²) < 4.78 is 1.79. The van der Waals surface area contributed by atoms with Crippen LogP contribution in [0.4, 0.5) is 0 Å². The van der Waals surface area contributed by atoms with Gasteiger partial charge in [-0.05, 0) is 23.6 Å². The van der Waals surface area contributed by atoms with Gasteiger partial charge in [0.15, 0.2) is 5.78 Å². The van der Waals surface area contributed by atoms with Gasteiger partial charge in [-0.25, -0.2) is 4.98 Å². The summed E-state index contributed by atoms with van der Waals surface area (Å²) in [5.41, 5.74) is 1.12. The summed E-state index contributed by atoms with van der Waals surface area (Å²) in [5, 5.41) is 11.3. The van der Waals surface area contributed by atoms with Crippen LogP contribution in [0.15, 0.2) is 36.7 Å². The number of hydrogen-bond donors (Lipinski definition) is 1. The van der Waals surface area contributed by atoms with Gasteiger partial charge in [0.05, 0.1) is 0 Å². The third-order valence-electron chi connectivity index (χ3n) is 2.79. The quantitative estimate of drug-likeness (QED) is 0.648. The maximum absolute atomic E-state index is 11.3. The Bertz CT molecular complexity index is 744. The molecule has 0 unspecified atom stereocenters. The molecular weight excluding hydrogens is 216 g/mol. The Morgan fingerprint density at radius 2 is 2.18 bits per heavy atom. The lowest BCUT2D eigenvalue weighted by Crippen LogP contribution is -1.90. The molecule has 0 saturated carbocycles. The minimum absolute atomic E-state index is 0.0676. The number of benzene rings is 1. The highest BCUT2D eigenvalue weighted by atomic mass is 16.3. The highest BCUT2D eigenvalue weighted by molar-refractivity contribution is 5.98. The van der Waals surface area contributed by atoms with E-state index in [-0.39, 0.29) is 11.5 Å². The summed E-state index contributed by atoms with van der Waals surface area (Å²) in [4.78, 5) is 15.6. The van der Waals surface area contributed by atoms with E-state index < -0.39 is 0 Å². The number of imidazole rings is 1. The molecule has 1 aromatic carbocycles. The first-order valence-corrected chi connectivity index (χ1v) is 5.26. The number of aromatic hydroxyl groups is 1. The van der Waals surface area contributed by atoms with E-state index in [9.17, 15) is 9.90 Å². The largest absolute Gasteiger partial charge is 0.508 e. The highest BCUT2D eigenvalue weighted by Crippen LogP contribution is 2.23. The van der Waals surface area contributed by atoms with Crippen LogP contribution in [-0.4, -0.2) is 20.3 Å². The van der Waals surface area contributed by atoms with Crippen molar-refractivity contribution in [1.82, 2.24) is 9.38 Å². The normalized spacial score (nSPS) is 11.1. The van der Waals surface area contributed by atoms with Crippen LogP contribution in [0.5, 0.6) is 5.75 Å². The zero-order valence-electron chi connectivity index (χ0n) is 9.21. The molecule has 0 aliphatic heterocycles. The van der Waals surface area contributed by atoms with Crippen LogP contribution in [0.3, 0.4) is 0 Å². The van der Waals surface area contributed by atoms with Crippen LogP contribution in [-0.2, 0) is 0 Å². The predicted octanol–water partition coefficient (Wildman–Crippen LogP) is 2.40. The Kier molecular flexibility index (Phi) is 1.92. The second-order valence-electron chi connectivity index (χ2n) is 4.00. The Balaban J connectivity index is 2.45. The number of phenols is 1. The van der Waals surface area contributed by atoms with Crippen LogP contribution < -0.4 is 0 Å². The molecule has 4 heteroatoms. The van der Waals surface area contributed by atoms with E-state index in [4.69, 9.17) is 0 Å². The third kappa shape index (κ3) is 1.45. The monoisotopic (exact) mass is 226 g/mol. The lowest BCUT2D eigenvalue weighted by Gasteiger charge is -2.00. The summed E-state index contributed by atoms with van der Waals surface area (Å²) >= 11 is 0. The second kappa shape index (κ2) is 3.31. The highest BCUT2D eigenvalue weighted by Gasteiger charge is 2.08. The number of carbonyl (C=O) groups is 1. The first-order valence-electron chi connectivity index (χ1n) is 5.26. The zero-order valence-corrected chi connectivity index (χ0v) is 9.21. The topological polar surface area (TPSA) is 54.6 Å². The minimum Gasteiger partial charge on any atom is -0.508 e. The molecule has 17 heavy (non-hydrogen) atoms. The molecule has 0 aliphatic rings. The van der Waals surface area contributed by atoms with Crippen LogP contribution >= 0.6 is 0 Å². The van der Waals surface area contributed by atoms with Gasteiger partial charge in [-0.15, -0.1) is 0 Å². The number of hydrogen-bond acceptors (Lipinski definition) is 3. The first-order chi connectivity index (χ1) is 8.15. The van der Waals surface area contributed by atoms with Crippen molar-refractivity contribution in [2.75, 3.05) is 0 Å². The van der Waals surface area contributed by atoms with Crippen molar-refractivity contribution in [3.05, 3.63) is 42.4 Å². The van der Waals surface area contributed by atoms with Crippen LogP contribution in [0.1, 0.15) is 17.4 Å². The van der Waals surface area contributed by atoms with Crippen LogP contribution in [0, 0.1) is 0 Å². The molecule has 0 fully saturated rings. The van der Waals surface area contributed by atoms with E-state index in [0.29, 0.717) is 11.3 Å². The van der Waals surface area contributed by atoms with Gasteiger partial charge in [0.1, 0.15) is 17.1 Å². The van der Waals surface area contributed by atoms with Crippen molar-refractivity contribution in [2.24, 2.45) is 0 Å². The minimum atomic E-state index is -0.0676. The molecule has 2 aromatic heterocycles. The van der Waals surface area contributed by atoms with Crippen LogP contribution in [0.2, 0.25) is 0 Å². The number of ketones is 1. The van der Waals surface area contributed by atoms with Crippen LogP contribution in [0.25, 0.3) is 16.4 Å². The predicted molar refractivity (Wildman–Crippen MR) is 64.4 cm³/mol. The van der Waals surface area contributed by atoms with Gasteiger partial charge < -0.3 is 9.51 Å². The number of carbonyl (C=O) groups excluding carboxylic acids is 1. The van der Waals surface area contributed by atoms with Crippen molar-refractivity contribution in [3.8, 4) is 5.75 Å². The van der Waals surface area contributed by atoms with Crippen molar-refractivity contribution in [1.29, 1.82) is 0 Å². The number of pyridine rings is 1. The lowest BCUT2D eigenvalue weighted by molar-refractivity contribution is 0.101. The summed E-state index contributed by atoms with van der Waals surface area (Å²) in [5.74, 6) is 0.125. The fourth-order valence-electron chi connectivity index (χ4n) is 1.92. The van der Waals surface area contributed by atoms with Crippen molar-refractivity contribution < 1.29 is 9.90 Å². The molecule has 0 bridgehead atoms. The molecule has 0 atom stereocenters. The van der Waals surface area contributed by atoms with E-state index >= 15 is 0 Å². The number of phenolic OH excluding ortho intramolecular Hbond substituents is 1. The number of nitrogens with zero attached hydrogens (tertiary/aromatic N) is 2. The number of Topliss-reactive ketones (excluding diaryl/α,β-unsaturated/α-hetero) is 1. The van der Waals surface area contributed by atoms with E-state index in [2.05, 4.69) is 4.98 Å². The van der Waals surface area contributed by atoms with Gasteiger partial charge in [-0.1, -0.05) is 6.07 Å². The third-order valence-corrected chi connectivity index (χ3v) is 2.79. The fraction of sp³-hybridized carbons (Fsp3) is 0.0769. The molecule has 0 aliphatic carbocycles. The SMILES string of the molecule is CC(=O)c1cn2ccc3ccc(O)cc3c2n1. The number of rotatable bonds is 1. The molecule has 2 heterocycles. The summed E-state index contributed by atoms with van der Waals surface area (Å²) in [6.07, 6.45) is 3.55. The van der Waals surface area contributed by atoms with Gasteiger partial charge in [-0.3, -0.25) is 4.79 Å². The maximum Gasteiger partial charge on any atom is 0.179 e. The average molecular weight is 226 g/mol. The first kappa shape index (κ1) is 9.84. The van der Waals surface area contributed by atoms with Crippen molar-refractivity contribution in [3.63, 3.8) is 0 Å². The molecule has 1 N–H and O–H groups in total. The van der Waals surface area contributed by atoms with Crippen molar-refractivity contribution in [2.45, 2.75) is 6.92 Å².